The summed E-state index contributed by atoms with van der Waals surface area (Å²) in [7, 11) is 0. The minimum atomic E-state index is 0.934. The lowest BCUT2D eigenvalue weighted by Crippen LogP contribution is -2.17. The Labute approximate surface area is 96.3 Å². The molecule has 1 heterocycles. The van der Waals surface area contributed by atoms with Crippen molar-refractivity contribution in [3.05, 3.63) is 35.9 Å². The number of hydrogen-bond acceptors (Lipinski definition) is 3. The van der Waals surface area contributed by atoms with Gasteiger partial charge in [0.2, 0.25) is 0 Å². The molecule has 0 saturated heterocycles. The SMILES string of the molecule is C(=N\NC1=NCCCCC1)/c1ccccc1. The van der Waals surface area contributed by atoms with Gasteiger partial charge in [0, 0.05) is 13.0 Å². The highest BCUT2D eigenvalue weighted by Gasteiger charge is 2.01. The topological polar surface area (TPSA) is 36.8 Å². The summed E-state index contributed by atoms with van der Waals surface area (Å²) in [5, 5.41) is 4.20. The highest BCUT2D eigenvalue weighted by molar-refractivity contribution is 5.85. The van der Waals surface area contributed by atoms with E-state index in [2.05, 4.69) is 15.5 Å². The fourth-order valence-corrected chi connectivity index (χ4v) is 1.69. The molecule has 84 valence electrons. The first kappa shape index (κ1) is 10.9. The van der Waals surface area contributed by atoms with Gasteiger partial charge in [0.25, 0.3) is 0 Å². The van der Waals surface area contributed by atoms with E-state index in [-0.39, 0.29) is 0 Å². The Kier molecular flexibility index (Phi) is 4.11. The molecule has 0 bridgehead atoms. The molecule has 1 aromatic rings. The number of benzene rings is 1. The molecule has 0 amide bonds. The third-order valence-electron chi connectivity index (χ3n) is 2.58. The Morgan fingerprint density at radius 1 is 1.12 bits per heavy atom. The molecule has 1 aliphatic rings. The van der Waals surface area contributed by atoms with E-state index in [1.54, 1.807) is 0 Å². The van der Waals surface area contributed by atoms with Crippen molar-refractivity contribution in [2.45, 2.75) is 25.7 Å². The van der Waals surface area contributed by atoms with Crippen LogP contribution in [0.5, 0.6) is 0 Å². The highest BCUT2D eigenvalue weighted by Crippen LogP contribution is 2.05. The number of nitrogens with zero attached hydrogens (tertiary/aromatic N) is 2. The van der Waals surface area contributed by atoms with Gasteiger partial charge in [-0.2, -0.15) is 5.10 Å². The Morgan fingerprint density at radius 2 is 2.00 bits per heavy atom. The molecule has 16 heavy (non-hydrogen) atoms. The zero-order valence-electron chi connectivity index (χ0n) is 9.39. The molecule has 0 atom stereocenters. The smallest absolute Gasteiger partial charge is 0.117 e. The lowest BCUT2D eigenvalue weighted by molar-refractivity contribution is 0.729. The fourth-order valence-electron chi connectivity index (χ4n) is 1.69. The summed E-state index contributed by atoms with van der Waals surface area (Å²) in [5.41, 5.74) is 4.13. The molecule has 0 spiro atoms. The second kappa shape index (κ2) is 6.05. The van der Waals surface area contributed by atoms with Crippen molar-refractivity contribution in [1.82, 2.24) is 5.43 Å². The van der Waals surface area contributed by atoms with E-state index < -0.39 is 0 Å². The first-order valence-electron chi connectivity index (χ1n) is 5.82. The Bertz CT molecular complexity index is 368. The van der Waals surface area contributed by atoms with E-state index in [1.807, 2.05) is 36.5 Å². The van der Waals surface area contributed by atoms with Crippen molar-refractivity contribution in [2.75, 3.05) is 6.54 Å². The summed E-state index contributed by atoms with van der Waals surface area (Å²) >= 11 is 0. The number of amidine groups is 1. The summed E-state index contributed by atoms with van der Waals surface area (Å²) < 4.78 is 0. The quantitative estimate of drug-likeness (QED) is 0.597. The first-order valence-corrected chi connectivity index (χ1v) is 5.82. The standard InChI is InChI=1S/C13H17N3/c1-3-7-12(8-4-1)11-15-16-13-9-5-2-6-10-14-13/h1,3-4,7-8,11H,2,5-6,9-10H2,(H,14,16)/b15-11+. The summed E-state index contributed by atoms with van der Waals surface area (Å²) in [6.45, 7) is 0.934. The molecule has 0 radical (unpaired) electrons. The van der Waals surface area contributed by atoms with Gasteiger partial charge in [-0.25, -0.2) is 0 Å². The predicted octanol–water partition coefficient (Wildman–Crippen LogP) is 2.58. The molecule has 1 aliphatic heterocycles. The van der Waals surface area contributed by atoms with Crippen molar-refractivity contribution < 1.29 is 0 Å². The maximum Gasteiger partial charge on any atom is 0.117 e. The summed E-state index contributed by atoms with van der Waals surface area (Å²) in [5.74, 6) is 1.02. The monoisotopic (exact) mass is 215 g/mol. The highest BCUT2D eigenvalue weighted by atomic mass is 15.3. The van der Waals surface area contributed by atoms with Gasteiger partial charge in [-0.05, 0) is 18.4 Å². The minimum absolute atomic E-state index is 0.934. The van der Waals surface area contributed by atoms with Crippen LogP contribution in [0.25, 0.3) is 0 Å². The van der Waals surface area contributed by atoms with E-state index in [0.29, 0.717) is 0 Å². The molecule has 3 heteroatoms. The lowest BCUT2D eigenvalue weighted by atomic mass is 10.2. The van der Waals surface area contributed by atoms with Crippen molar-refractivity contribution in [1.29, 1.82) is 0 Å². The van der Waals surface area contributed by atoms with Crippen LogP contribution >= 0.6 is 0 Å². The fraction of sp³-hybridized carbons (Fsp3) is 0.385. The van der Waals surface area contributed by atoms with Crippen LogP contribution in [0.4, 0.5) is 0 Å². The molecule has 0 fully saturated rings. The zero-order valence-corrected chi connectivity index (χ0v) is 9.39. The van der Waals surface area contributed by atoms with Gasteiger partial charge in [0.15, 0.2) is 0 Å². The average Bonchev–Trinajstić information content (AvgIpc) is 2.59. The van der Waals surface area contributed by atoms with Gasteiger partial charge in [-0.15, -0.1) is 0 Å². The molecular weight excluding hydrogens is 198 g/mol. The Morgan fingerprint density at radius 3 is 2.88 bits per heavy atom. The number of nitrogens with one attached hydrogen (secondary N) is 1. The average molecular weight is 215 g/mol. The van der Waals surface area contributed by atoms with Crippen LogP contribution in [-0.4, -0.2) is 18.6 Å². The van der Waals surface area contributed by atoms with Crippen molar-refractivity contribution in [2.24, 2.45) is 10.1 Å². The number of aliphatic imine (C=N–C) groups is 1. The third-order valence-corrected chi connectivity index (χ3v) is 2.58. The van der Waals surface area contributed by atoms with Gasteiger partial charge < -0.3 is 0 Å². The van der Waals surface area contributed by atoms with E-state index in [1.165, 1.54) is 19.3 Å². The van der Waals surface area contributed by atoms with Crippen molar-refractivity contribution in [3.8, 4) is 0 Å². The van der Waals surface area contributed by atoms with Crippen LogP contribution in [0.2, 0.25) is 0 Å². The van der Waals surface area contributed by atoms with Crippen LogP contribution in [0, 0.1) is 0 Å². The van der Waals surface area contributed by atoms with E-state index in [9.17, 15) is 0 Å². The van der Waals surface area contributed by atoms with Gasteiger partial charge in [0.05, 0.1) is 6.21 Å². The molecule has 1 aromatic carbocycles. The van der Waals surface area contributed by atoms with Crippen LogP contribution < -0.4 is 5.43 Å². The Hall–Kier alpha value is -1.64. The molecule has 0 unspecified atom stereocenters. The Balaban J connectivity index is 1.86. The molecule has 0 aromatic heterocycles. The first-order chi connectivity index (χ1) is 7.95. The molecule has 2 rings (SSSR count). The zero-order chi connectivity index (χ0) is 11.1. The van der Waals surface area contributed by atoms with Crippen molar-refractivity contribution in [3.63, 3.8) is 0 Å². The predicted molar refractivity (Wildman–Crippen MR) is 67.9 cm³/mol. The summed E-state index contributed by atoms with van der Waals surface area (Å²) in [4.78, 5) is 4.45. The van der Waals surface area contributed by atoms with E-state index in [4.69, 9.17) is 0 Å². The van der Waals surface area contributed by atoms with Crippen LogP contribution in [0.15, 0.2) is 40.4 Å². The second-order valence-electron chi connectivity index (χ2n) is 3.92. The number of hydrogen-bond donors (Lipinski definition) is 1. The molecule has 0 aliphatic carbocycles. The number of hydrazone groups is 1. The maximum absolute atomic E-state index is 4.45. The number of rotatable bonds is 2. The van der Waals surface area contributed by atoms with Gasteiger partial charge in [0.1, 0.15) is 5.84 Å². The van der Waals surface area contributed by atoms with Gasteiger partial charge in [-0.3, -0.25) is 10.4 Å². The van der Waals surface area contributed by atoms with Crippen LogP contribution in [0.1, 0.15) is 31.2 Å². The third kappa shape index (κ3) is 3.50. The van der Waals surface area contributed by atoms with E-state index >= 15 is 0 Å². The summed E-state index contributed by atoms with van der Waals surface area (Å²) in [6.07, 6.45) is 6.54. The minimum Gasteiger partial charge on any atom is -0.271 e. The molecule has 0 saturated carbocycles. The van der Waals surface area contributed by atoms with E-state index in [0.717, 1.165) is 24.4 Å². The summed E-state index contributed by atoms with van der Waals surface area (Å²) in [6, 6.07) is 10.1. The van der Waals surface area contributed by atoms with Crippen molar-refractivity contribution >= 4 is 12.1 Å². The molecular formula is C13H17N3. The maximum atomic E-state index is 4.45. The van der Waals surface area contributed by atoms with Crippen LogP contribution in [0.3, 0.4) is 0 Å². The normalized spacial score (nSPS) is 16.9. The largest absolute Gasteiger partial charge is 0.271 e. The van der Waals surface area contributed by atoms with Gasteiger partial charge in [-0.1, -0.05) is 36.8 Å². The van der Waals surface area contributed by atoms with Gasteiger partial charge >= 0.3 is 0 Å². The lowest BCUT2D eigenvalue weighted by Gasteiger charge is -2.01. The second-order valence-corrected chi connectivity index (χ2v) is 3.92. The molecule has 3 nitrogen and oxygen atoms in total. The molecule has 1 N–H and O–H groups in total. The van der Waals surface area contributed by atoms with Crippen LogP contribution in [-0.2, 0) is 0 Å².